The molecule has 0 fully saturated rings. The van der Waals surface area contributed by atoms with E-state index < -0.39 is 4.92 Å². The number of ether oxygens (including phenoxy) is 1. The average molecular weight is 239 g/mol. The second kappa shape index (κ2) is 3.94. The molecule has 1 aromatic carbocycles. The number of hydrogen-bond acceptors (Lipinski definition) is 4. The summed E-state index contributed by atoms with van der Waals surface area (Å²) in [5.41, 5.74) is -0.120. The Balaban J connectivity index is 2.81. The zero-order chi connectivity index (χ0) is 11.7. The van der Waals surface area contributed by atoms with Crippen LogP contribution < -0.4 is 4.74 Å². The van der Waals surface area contributed by atoms with E-state index in [4.69, 9.17) is 16.3 Å². The molecule has 0 aliphatic heterocycles. The highest BCUT2D eigenvalue weighted by molar-refractivity contribution is 6.34. The van der Waals surface area contributed by atoms with Gasteiger partial charge in [-0.3, -0.25) is 10.1 Å². The van der Waals surface area contributed by atoms with Crippen LogP contribution in [-0.2, 0) is 0 Å². The summed E-state index contributed by atoms with van der Waals surface area (Å²) in [6.07, 6.45) is 1.54. The minimum absolute atomic E-state index is 0.120. The van der Waals surface area contributed by atoms with Gasteiger partial charge in [0.15, 0.2) is 5.75 Å². The minimum atomic E-state index is -0.512. The molecule has 82 valence electrons. The van der Waals surface area contributed by atoms with Crippen LogP contribution in [0.1, 0.15) is 0 Å². The number of pyridine rings is 1. The molecule has 2 rings (SSSR count). The molecule has 1 heterocycles. The number of benzene rings is 1. The van der Waals surface area contributed by atoms with Crippen LogP contribution in [-0.4, -0.2) is 17.0 Å². The van der Waals surface area contributed by atoms with Crippen molar-refractivity contribution in [1.82, 2.24) is 4.98 Å². The van der Waals surface area contributed by atoms with Crippen molar-refractivity contribution in [3.63, 3.8) is 0 Å². The Morgan fingerprint density at radius 2 is 2.25 bits per heavy atom. The summed E-state index contributed by atoms with van der Waals surface area (Å²) < 4.78 is 4.95. The lowest BCUT2D eigenvalue weighted by Crippen LogP contribution is -1.94. The largest absolute Gasteiger partial charge is 0.490 e. The van der Waals surface area contributed by atoms with Gasteiger partial charge in [-0.1, -0.05) is 11.6 Å². The Kier molecular flexibility index (Phi) is 2.62. The third-order valence-corrected chi connectivity index (χ3v) is 2.51. The van der Waals surface area contributed by atoms with Crippen molar-refractivity contribution in [2.45, 2.75) is 0 Å². The number of aromatic nitrogens is 1. The number of fused-ring (bicyclic) bond motifs is 1. The summed E-state index contributed by atoms with van der Waals surface area (Å²) >= 11 is 5.85. The third-order valence-electron chi connectivity index (χ3n) is 2.21. The van der Waals surface area contributed by atoms with Gasteiger partial charge in [0.2, 0.25) is 0 Å². The van der Waals surface area contributed by atoms with E-state index in [1.165, 1.54) is 19.4 Å². The van der Waals surface area contributed by atoms with Gasteiger partial charge >= 0.3 is 5.69 Å². The number of methoxy groups -OCH3 is 1. The first kappa shape index (κ1) is 10.6. The van der Waals surface area contributed by atoms with E-state index in [1.807, 2.05) is 0 Å². The first-order chi connectivity index (χ1) is 7.63. The van der Waals surface area contributed by atoms with Crippen molar-refractivity contribution >= 4 is 28.1 Å². The molecule has 0 atom stereocenters. The molecule has 2 aromatic rings. The number of nitrogens with zero attached hydrogens (tertiary/aromatic N) is 2. The molecule has 0 bridgehead atoms. The van der Waals surface area contributed by atoms with Crippen molar-refractivity contribution in [2.24, 2.45) is 0 Å². The standard InChI is InChI=1S/C10H7ClN2O3/c1-16-9-4-6-2-3-12-10(11)7(6)5-8(9)13(14)15/h2-5H,1H3. The van der Waals surface area contributed by atoms with Gasteiger partial charge in [-0.05, 0) is 17.5 Å². The molecular weight excluding hydrogens is 232 g/mol. The smallest absolute Gasteiger partial charge is 0.311 e. The second-order valence-corrected chi connectivity index (χ2v) is 3.46. The van der Waals surface area contributed by atoms with Crippen LogP contribution in [0, 0.1) is 10.1 Å². The SMILES string of the molecule is COc1cc2ccnc(Cl)c2cc1[N+](=O)[O-]. The lowest BCUT2D eigenvalue weighted by molar-refractivity contribution is -0.385. The maximum Gasteiger partial charge on any atom is 0.311 e. The highest BCUT2D eigenvalue weighted by Crippen LogP contribution is 2.33. The van der Waals surface area contributed by atoms with Crippen molar-refractivity contribution < 1.29 is 9.66 Å². The van der Waals surface area contributed by atoms with Gasteiger partial charge in [-0.25, -0.2) is 4.98 Å². The number of halogens is 1. The summed E-state index contributed by atoms with van der Waals surface area (Å²) in [5, 5.41) is 12.3. The molecule has 6 heteroatoms. The summed E-state index contributed by atoms with van der Waals surface area (Å²) in [5.74, 6) is 0.208. The average Bonchev–Trinajstić information content (AvgIpc) is 2.27. The monoisotopic (exact) mass is 238 g/mol. The van der Waals surface area contributed by atoms with E-state index >= 15 is 0 Å². The van der Waals surface area contributed by atoms with Gasteiger partial charge in [0.25, 0.3) is 0 Å². The summed E-state index contributed by atoms with van der Waals surface area (Å²) in [6, 6.07) is 4.65. The molecule has 1 aromatic heterocycles. The van der Waals surface area contributed by atoms with E-state index in [0.717, 1.165) is 5.39 Å². The third kappa shape index (κ3) is 1.65. The predicted molar refractivity (Wildman–Crippen MR) is 60.0 cm³/mol. The van der Waals surface area contributed by atoms with E-state index in [-0.39, 0.29) is 16.6 Å². The predicted octanol–water partition coefficient (Wildman–Crippen LogP) is 2.81. The molecule has 0 N–H and O–H groups in total. The van der Waals surface area contributed by atoms with Crippen molar-refractivity contribution in [3.05, 3.63) is 39.7 Å². The lowest BCUT2D eigenvalue weighted by atomic mass is 10.1. The van der Waals surface area contributed by atoms with Crippen molar-refractivity contribution in [1.29, 1.82) is 0 Å². The zero-order valence-corrected chi connectivity index (χ0v) is 9.06. The topological polar surface area (TPSA) is 65.3 Å². The Labute approximate surface area is 95.8 Å². The van der Waals surface area contributed by atoms with E-state index in [1.54, 1.807) is 12.1 Å². The maximum atomic E-state index is 10.8. The Morgan fingerprint density at radius 3 is 2.88 bits per heavy atom. The van der Waals surface area contributed by atoms with E-state index in [2.05, 4.69) is 4.98 Å². The molecule has 0 spiro atoms. The highest BCUT2D eigenvalue weighted by atomic mass is 35.5. The molecule has 0 saturated heterocycles. The maximum absolute atomic E-state index is 10.8. The Bertz CT molecular complexity index is 571. The fraction of sp³-hybridized carbons (Fsp3) is 0.100. The van der Waals surface area contributed by atoms with Gasteiger partial charge < -0.3 is 4.74 Å². The van der Waals surface area contributed by atoms with Gasteiger partial charge in [0.05, 0.1) is 12.0 Å². The van der Waals surface area contributed by atoms with E-state index in [0.29, 0.717) is 5.39 Å². The first-order valence-corrected chi connectivity index (χ1v) is 4.78. The number of nitro groups is 1. The van der Waals surface area contributed by atoms with Crippen LogP contribution in [0.25, 0.3) is 10.8 Å². The first-order valence-electron chi connectivity index (χ1n) is 4.40. The Morgan fingerprint density at radius 1 is 1.50 bits per heavy atom. The van der Waals surface area contributed by atoms with Crippen LogP contribution in [0.4, 0.5) is 5.69 Å². The summed E-state index contributed by atoms with van der Waals surface area (Å²) in [4.78, 5) is 14.2. The molecule has 0 amide bonds. The lowest BCUT2D eigenvalue weighted by Gasteiger charge is -2.04. The van der Waals surface area contributed by atoms with Gasteiger partial charge in [0, 0.05) is 17.6 Å². The van der Waals surface area contributed by atoms with Crippen LogP contribution in [0.3, 0.4) is 0 Å². The quantitative estimate of drug-likeness (QED) is 0.458. The van der Waals surface area contributed by atoms with Crippen LogP contribution in [0.5, 0.6) is 5.75 Å². The van der Waals surface area contributed by atoms with Crippen LogP contribution >= 0.6 is 11.6 Å². The second-order valence-electron chi connectivity index (χ2n) is 3.10. The van der Waals surface area contributed by atoms with Crippen molar-refractivity contribution in [2.75, 3.05) is 7.11 Å². The Hall–Kier alpha value is -1.88. The molecule has 0 saturated carbocycles. The molecule has 0 aliphatic carbocycles. The van der Waals surface area contributed by atoms with E-state index in [9.17, 15) is 10.1 Å². The van der Waals surface area contributed by atoms with Gasteiger partial charge in [-0.15, -0.1) is 0 Å². The molecule has 16 heavy (non-hydrogen) atoms. The van der Waals surface area contributed by atoms with Crippen molar-refractivity contribution in [3.8, 4) is 5.75 Å². The normalized spacial score (nSPS) is 10.4. The number of nitro benzene ring substituents is 1. The van der Waals surface area contributed by atoms with Crippen LogP contribution in [0.15, 0.2) is 24.4 Å². The minimum Gasteiger partial charge on any atom is -0.490 e. The molecular formula is C10H7ClN2O3. The zero-order valence-electron chi connectivity index (χ0n) is 8.31. The fourth-order valence-corrected chi connectivity index (χ4v) is 1.68. The highest BCUT2D eigenvalue weighted by Gasteiger charge is 2.16. The van der Waals surface area contributed by atoms with Crippen LogP contribution in [0.2, 0.25) is 5.15 Å². The van der Waals surface area contributed by atoms with Gasteiger partial charge in [-0.2, -0.15) is 0 Å². The fourth-order valence-electron chi connectivity index (χ4n) is 1.46. The van der Waals surface area contributed by atoms with Gasteiger partial charge in [0.1, 0.15) is 5.15 Å². The number of hydrogen-bond donors (Lipinski definition) is 0. The molecule has 0 unspecified atom stereocenters. The number of rotatable bonds is 2. The summed E-state index contributed by atoms with van der Waals surface area (Å²) in [6.45, 7) is 0. The summed E-state index contributed by atoms with van der Waals surface area (Å²) in [7, 11) is 1.39. The molecule has 5 nitrogen and oxygen atoms in total. The molecule has 0 aliphatic rings. The molecule has 0 radical (unpaired) electrons.